The quantitative estimate of drug-likeness (QED) is 0.589. The van der Waals surface area contributed by atoms with Gasteiger partial charge < -0.3 is 0 Å². The molecule has 97 valence electrons. The molecule has 0 unspecified atom stereocenters. The molecule has 0 saturated carbocycles. The van der Waals surface area contributed by atoms with Crippen LogP contribution in [0.5, 0.6) is 0 Å². The molecule has 20 heavy (non-hydrogen) atoms. The molecule has 1 radical (unpaired) electrons. The molecular formula is C20H17. The Labute approximate surface area is 120 Å². The van der Waals surface area contributed by atoms with E-state index in [-0.39, 0.29) is 0 Å². The number of hydrogen-bond donors (Lipinski definition) is 0. The van der Waals surface area contributed by atoms with Crippen molar-refractivity contribution >= 4 is 0 Å². The molecular weight excluding hydrogens is 240 g/mol. The highest BCUT2D eigenvalue weighted by Gasteiger charge is 2.04. The van der Waals surface area contributed by atoms with Gasteiger partial charge in [-0.25, -0.2) is 0 Å². The summed E-state index contributed by atoms with van der Waals surface area (Å²) in [5.74, 6) is 0. The lowest BCUT2D eigenvalue weighted by atomic mass is 9.95. The Hall–Kier alpha value is -2.34. The van der Waals surface area contributed by atoms with Crippen molar-refractivity contribution in [2.24, 2.45) is 0 Å². The zero-order valence-electron chi connectivity index (χ0n) is 11.4. The molecule has 0 heterocycles. The monoisotopic (exact) mass is 257 g/mol. The third-order valence-corrected chi connectivity index (χ3v) is 3.50. The second-order valence-corrected chi connectivity index (χ2v) is 4.90. The first kappa shape index (κ1) is 12.7. The number of rotatable bonds is 3. The van der Waals surface area contributed by atoms with Gasteiger partial charge in [0.2, 0.25) is 0 Å². The Balaban J connectivity index is 2.13. The molecule has 0 atom stereocenters. The molecule has 0 heteroatoms. The Bertz CT molecular complexity index is 624. The lowest BCUT2D eigenvalue weighted by Gasteiger charge is -2.09. The molecule has 0 spiro atoms. The highest BCUT2D eigenvalue weighted by atomic mass is 14.1. The fraction of sp³-hybridized carbons (Fsp3) is 0.0500. The third-order valence-electron chi connectivity index (χ3n) is 3.50. The van der Waals surface area contributed by atoms with E-state index in [9.17, 15) is 0 Å². The lowest BCUT2D eigenvalue weighted by molar-refractivity contribution is 1.27. The zero-order chi connectivity index (χ0) is 13.8. The zero-order valence-corrected chi connectivity index (χ0v) is 11.4. The predicted octanol–water partition coefficient (Wildman–Crippen LogP) is 5.40. The molecule has 0 aromatic heterocycles. The van der Waals surface area contributed by atoms with Crippen molar-refractivity contribution in [2.45, 2.75) is 6.42 Å². The lowest BCUT2D eigenvalue weighted by Crippen LogP contribution is -1.87. The second-order valence-electron chi connectivity index (χ2n) is 4.90. The van der Waals surface area contributed by atoms with Crippen molar-refractivity contribution in [3.63, 3.8) is 0 Å². The summed E-state index contributed by atoms with van der Waals surface area (Å²) >= 11 is 0. The van der Waals surface area contributed by atoms with Crippen molar-refractivity contribution in [1.29, 1.82) is 0 Å². The summed E-state index contributed by atoms with van der Waals surface area (Å²) in [5, 5.41) is 0. The van der Waals surface area contributed by atoms with Crippen LogP contribution in [0.25, 0.3) is 22.3 Å². The van der Waals surface area contributed by atoms with Crippen LogP contribution in [-0.2, 0) is 6.42 Å². The van der Waals surface area contributed by atoms with Gasteiger partial charge in [0.05, 0.1) is 0 Å². The second kappa shape index (κ2) is 5.75. The van der Waals surface area contributed by atoms with Crippen molar-refractivity contribution < 1.29 is 0 Å². The van der Waals surface area contributed by atoms with Crippen LogP contribution in [0, 0.1) is 6.92 Å². The molecule has 0 aliphatic carbocycles. The minimum Gasteiger partial charge on any atom is -0.0622 e. The highest BCUT2D eigenvalue weighted by molar-refractivity contribution is 5.74. The van der Waals surface area contributed by atoms with E-state index in [0.717, 1.165) is 6.42 Å². The molecule has 0 aliphatic heterocycles. The molecule has 3 rings (SSSR count). The van der Waals surface area contributed by atoms with Gasteiger partial charge in [0.25, 0.3) is 0 Å². The molecule has 3 aromatic rings. The average Bonchev–Trinajstić information content (AvgIpc) is 2.56. The van der Waals surface area contributed by atoms with Gasteiger partial charge in [0.1, 0.15) is 0 Å². The molecule has 0 amide bonds. The van der Waals surface area contributed by atoms with Crippen LogP contribution in [-0.4, -0.2) is 0 Å². The van der Waals surface area contributed by atoms with Gasteiger partial charge in [-0.05, 0) is 47.2 Å². The first-order valence-corrected chi connectivity index (χ1v) is 6.91. The Morgan fingerprint density at radius 2 is 1.00 bits per heavy atom. The van der Waals surface area contributed by atoms with Crippen LogP contribution in [0.1, 0.15) is 5.56 Å². The van der Waals surface area contributed by atoms with E-state index in [1.807, 2.05) is 12.1 Å². The summed E-state index contributed by atoms with van der Waals surface area (Å²) in [7, 11) is 0. The van der Waals surface area contributed by atoms with Crippen molar-refractivity contribution in [2.75, 3.05) is 0 Å². The minimum absolute atomic E-state index is 0.806. The average molecular weight is 257 g/mol. The van der Waals surface area contributed by atoms with E-state index in [1.54, 1.807) is 0 Å². The molecule has 0 aliphatic rings. The third kappa shape index (κ3) is 2.65. The fourth-order valence-corrected chi connectivity index (χ4v) is 2.43. The molecule has 0 fully saturated rings. The predicted molar refractivity (Wildman–Crippen MR) is 86.4 cm³/mol. The summed E-state index contributed by atoms with van der Waals surface area (Å²) in [4.78, 5) is 0. The van der Waals surface area contributed by atoms with E-state index >= 15 is 0 Å². The summed E-state index contributed by atoms with van der Waals surface area (Å²) in [6.45, 7) is 4.03. The van der Waals surface area contributed by atoms with E-state index in [2.05, 4.69) is 73.7 Å². The fourth-order valence-electron chi connectivity index (χ4n) is 2.43. The first-order chi connectivity index (χ1) is 9.86. The van der Waals surface area contributed by atoms with E-state index in [4.69, 9.17) is 0 Å². The molecule has 0 saturated heterocycles. The van der Waals surface area contributed by atoms with Gasteiger partial charge >= 0.3 is 0 Å². The summed E-state index contributed by atoms with van der Waals surface area (Å²) < 4.78 is 0. The van der Waals surface area contributed by atoms with Crippen molar-refractivity contribution in [1.82, 2.24) is 0 Å². The smallest absolute Gasteiger partial charge is 0.0175 e. The maximum atomic E-state index is 4.03. The van der Waals surface area contributed by atoms with Gasteiger partial charge in [0, 0.05) is 0 Å². The Kier molecular flexibility index (Phi) is 3.64. The van der Waals surface area contributed by atoms with Crippen LogP contribution in [0.2, 0.25) is 0 Å². The normalized spacial score (nSPS) is 10.4. The van der Waals surface area contributed by atoms with Gasteiger partial charge in [-0.3, -0.25) is 0 Å². The largest absolute Gasteiger partial charge is 0.0622 e. The van der Waals surface area contributed by atoms with Gasteiger partial charge in [-0.2, -0.15) is 0 Å². The highest BCUT2D eigenvalue weighted by Crippen LogP contribution is 2.28. The van der Waals surface area contributed by atoms with Crippen LogP contribution in [0.4, 0.5) is 0 Å². The summed E-state index contributed by atoms with van der Waals surface area (Å²) in [6.07, 6.45) is 0.806. The topological polar surface area (TPSA) is 0 Å². The maximum absolute atomic E-state index is 4.03. The molecule has 0 N–H and O–H groups in total. The van der Waals surface area contributed by atoms with Gasteiger partial charge in [-0.15, -0.1) is 0 Å². The SMILES string of the molecule is [CH2]Cc1cc(-c2ccccc2)cc(-c2ccccc2)c1. The number of benzene rings is 3. The van der Waals surface area contributed by atoms with E-state index < -0.39 is 0 Å². The first-order valence-electron chi connectivity index (χ1n) is 6.91. The van der Waals surface area contributed by atoms with Gasteiger partial charge in [-0.1, -0.05) is 72.8 Å². The van der Waals surface area contributed by atoms with Crippen LogP contribution in [0.3, 0.4) is 0 Å². The van der Waals surface area contributed by atoms with Gasteiger partial charge in [0.15, 0.2) is 0 Å². The van der Waals surface area contributed by atoms with Crippen LogP contribution >= 0.6 is 0 Å². The standard InChI is InChI=1S/C20H17/c1-2-16-13-19(17-9-5-3-6-10-17)15-20(14-16)18-11-7-4-8-12-18/h3-15H,1-2H2. The van der Waals surface area contributed by atoms with Crippen molar-refractivity contribution in [3.05, 3.63) is 91.3 Å². The number of hydrogen-bond acceptors (Lipinski definition) is 0. The van der Waals surface area contributed by atoms with Crippen LogP contribution < -0.4 is 0 Å². The Morgan fingerprint density at radius 1 is 0.550 bits per heavy atom. The molecule has 0 bridgehead atoms. The van der Waals surface area contributed by atoms with E-state index in [0.29, 0.717) is 0 Å². The minimum atomic E-state index is 0.806. The van der Waals surface area contributed by atoms with Crippen LogP contribution in [0.15, 0.2) is 78.9 Å². The summed E-state index contributed by atoms with van der Waals surface area (Å²) in [6, 6.07) is 27.7. The van der Waals surface area contributed by atoms with Crippen molar-refractivity contribution in [3.8, 4) is 22.3 Å². The van der Waals surface area contributed by atoms with E-state index in [1.165, 1.54) is 27.8 Å². The Morgan fingerprint density at radius 3 is 1.40 bits per heavy atom. The maximum Gasteiger partial charge on any atom is -0.0175 e. The molecule has 3 aromatic carbocycles. The molecule has 0 nitrogen and oxygen atoms in total. The summed E-state index contributed by atoms with van der Waals surface area (Å²) in [5.41, 5.74) is 6.28.